The molecule has 0 atom stereocenters. The van der Waals surface area contributed by atoms with Crippen molar-refractivity contribution in [1.82, 2.24) is 24.5 Å². The molecule has 0 saturated carbocycles. The second-order valence-electron chi connectivity index (χ2n) is 4.61. The molecule has 106 valence electrons. The largest absolute Gasteiger partial charge is 0.311 e. The van der Waals surface area contributed by atoms with Crippen LogP contribution >= 0.6 is 22.9 Å². The number of halogens is 1. The topological polar surface area (TPSA) is 47.2 Å². The zero-order chi connectivity index (χ0) is 14.3. The fraction of sp³-hybridized carbons (Fsp3) is 0.385. The molecule has 3 aromatic heterocycles. The van der Waals surface area contributed by atoms with Gasteiger partial charge in [0.25, 0.3) is 0 Å². The van der Waals surface area contributed by atoms with Crippen molar-refractivity contribution in [3.8, 4) is 5.82 Å². The molecule has 20 heavy (non-hydrogen) atoms. The van der Waals surface area contributed by atoms with Crippen LogP contribution in [0.5, 0.6) is 0 Å². The van der Waals surface area contributed by atoms with Gasteiger partial charge >= 0.3 is 0 Å². The van der Waals surface area contributed by atoms with Crippen molar-refractivity contribution in [3.05, 3.63) is 33.7 Å². The maximum Gasteiger partial charge on any atom is 0.196 e. The van der Waals surface area contributed by atoms with E-state index in [1.807, 2.05) is 30.1 Å². The van der Waals surface area contributed by atoms with Gasteiger partial charge in [-0.2, -0.15) is 10.1 Å². The van der Waals surface area contributed by atoms with Crippen molar-refractivity contribution in [2.24, 2.45) is 0 Å². The third kappa shape index (κ3) is 2.04. The summed E-state index contributed by atoms with van der Waals surface area (Å²) in [5.41, 5.74) is 2.85. The molecule has 0 radical (unpaired) electrons. The second kappa shape index (κ2) is 5.20. The Bertz CT molecular complexity index is 754. The van der Waals surface area contributed by atoms with Crippen LogP contribution in [0.3, 0.4) is 0 Å². The summed E-state index contributed by atoms with van der Waals surface area (Å²) in [6.45, 7) is 7.63. The van der Waals surface area contributed by atoms with Crippen LogP contribution in [-0.4, -0.2) is 25.7 Å². The number of hydrogen-bond acceptors (Lipinski definition) is 4. The van der Waals surface area contributed by atoms with Gasteiger partial charge in [-0.25, -0.2) is 4.68 Å². The quantitative estimate of drug-likeness (QED) is 0.806. The van der Waals surface area contributed by atoms with Crippen LogP contribution < -0.4 is 5.32 Å². The molecule has 3 rings (SSSR count). The summed E-state index contributed by atoms with van der Waals surface area (Å²) in [4.78, 5) is 5.66. The summed E-state index contributed by atoms with van der Waals surface area (Å²) in [5.74, 6) is 0.852. The normalized spacial score (nSPS) is 11.6. The molecule has 0 spiro atoms. The lowest BCUT2D eigenvalue weighted by Crippen LogP contribution is -2.15. The maximum atomic E-state index is 6.25. The van der Waals surface area contributed by atoms with E-state index in [0.29, 0.717) is 5.02 Å². The van der Waals surface area contributed by atoms with Crippen molar-refractivity contribution < 1.29 is 0 Å². The summed E-state index contributed by atoms with van der Waals surface area (Å²) < 4.78 is 3.94. The highest BCUT2D eigenvalue weighted by molar-refractivity contribution is 7.15. The molecule has 3 aromatic rings. The molecule has 3 heterocycles. The van der Waals surface area contributed by atoms with Crippen LogP contribution in [0, 0.1) is 13.8 Å². The van der Waals surface area contributed by atoms with Gasteiger partial charge in [0.2, 0.25) is 0 Å². The van der Waals surface area contributed by atoms with Crippen LogP contribution in [0.1, 0.15) is 24.0 Å². The smallest absolute Gasteiger partial charge is 0.196 e. The highest BCUT2D eigenvalue weighted by atomic mass is 35.5. The van der Waals surface area contributed by atoms with Crippen LogP contribution in [0.2, 0.25) is 5.02 Å². The number of nitrogens with one attached hydrogen (secondary N) is 1. The van der Waals surface area contributed by atoms with Crippen LogP contribution in [-0.2, 0) is 6.54 Å². The Hall–Kier alpha value is -1.37. The third-order valence-corrected chi connectivity index (χ3v) is 4.59. The first kappa shape index (κ1) is 13.6. The molecular formula is C13H16ClN5S. The highest BCUT2D eigenvalue weighted by Crippen LogP contribution is 2.26. The molecule has 5 nitrogen and oxygen atoms in total. The van der Waals surface area contributed by atoms with E-state index in [-0.39, 0.29) is 0 Å². The lowest BCUT2D eigenvalue weighted by Gasteiger charge is -2.06. The summed E-state index contributed by atoms with van der Waals surface area (Å²) in [7, 11) is 0. The summed E-state index contributed by atoms with van der Waals surface area (Å²) in [5, 5.41) is 10.6. The molecule has 0 aromatic carbocycles. The van der Waals surface area contributed by atoms with Gasteiger partial charge in [-0.15, -0.1) is 11.3 Å². The minimum atomic E-state index is 0.704. The zero-order valence-electron chi connectivity index (χ0n) is 11.6. The molecule has 1 N–H and O–H groups in total. The lowest BCUT2D eigenvalue weighted by molar-refractivity contribution is 0.691. The second-order valence-corrected chi connectivity index (χ2v) is 5.87. The van der Waals surface area contributed by atoms with Crippen LogP contribution in [0.15, 0.2) is 11.6 Å². The van der Waals surface area contributed by atoms with E-state index in [1.54, 1.807) is 11.3 Å². The summed E-state index contributed by atoms with van der Waals surface area (Å²) in [6, 6.07) is 0. The van der Waals surface area contributed by atoms with Gasteiger partial charge in [0, 0.05) is 18.1 Å². The van der Waals surface area contributed by atoms with Crippen molar-refractivity contribution in [2.45, 2.75) is 27.3 Å². The molecule has 0 saturated heterocycles. The Balaban J connectivity index is 2.18. The van der Waals surface area contributed by atoms with Crippen LogP contribution in [0.4, 0.5) is 0 Å². The predicted octanol–water partition coefficient (Wildman–Crippen LogP) is 2.96. The van der Waals surface area contributed by atoms with E-state index in [1.165, 1.54) is 0 Å². The highest BCUT2D eigenvalue weighted by Gasteiger charge is 2.19. The minimum absolute atomic E-state index is 0.704. The van der Waals surface area contributed by atoms with Gasteiger partial charge in [0.1, 0.15) is 0 Å². The Morgan fingerprint density at radius 2 is 2.20 bits per heavy atom. The number of fused-ring (bicyclic) bond motifs is 1. The van der Waals surface area contributed by atoms with Gasteiger partial charge < -0.3 is 5.32 Å². The average molecular weight is 310 g/mol. The van der Waals surface area contributed by atoms with Crippen LogP contribution in [0.25, 0.3) is 10.8 Å². The SMILES string of the molecule is CCNCc1c(-n2nc(C)c(Cl)c2C)nc2sccn12. The standard InChI is InChI=1S/C13H16ClN5S/c1-4-15-7-10-12(16-13-18(10)5-6-20-13)19-9(3)11(14)8(2)17-19/h5-6,15H,4,7H2,1-3H3. The zero-order valence-corrected chi connectivity index (χ0v) is 13.2. The number of nitrogens with zero attached hydrogens (tertiary/aromatic N) is 4. The molecular weight excluding hydrogens is 294 g/mol. The van der Waals surface area contributed by atoms with Crippen molar-refractivity contribution in [2.75, 3.05) is 6.54 Å². The van der Waals surface area contributed by atoms with E-state index < -0.39 is 0 Å². The van der Waals surface area contributed by atoms with E-state index in [0.717, 1.165) is 41.0 Å². The first-order chi connectivity index (χ1) is 9.63. The number of rotatable bonds is 4. The van der Waals surface area contributed by atoms with Gasteiger partial charge in [-0.1, -0.05) is 18.5 Å². The molecule has 0 aliphatic rings. The molecule has 0 aliphatic carbocycles. The van der Waals surface area contributed by atoms with E-state index in [9.17, 15) is 0 Å². The lowest BCUT2D eigenvalue weighted by atomic mass is 10.3. The average Bonchev–Trinajstić information content (AvgIpc) is 3.07. The Morgan fingerprint density at radius 1 is 1.40 bits per heavy atom. The first-order valence-electron chi connectivity index (χ1n) is 6.50. The van der Waals surface area contributed by atoms with Gasteiger partial charge in [-0.05, 0) is 20.4 Å². The van der Waals surface area contributed by atoms with Crippen molar-refractivity contribution in [3.63, 3.8) is 0 Å². The fourth-order valence-electron chi connectivity index (χ4n) is 2.23. The van der Waals surface area contributed by atoms with Crippen molar-refractivity contribution in [1.29, 1.82) is 0 Å². The Morgan fingerprint density at radius 3 is 2.85 bits per heavy atom. The first-order valence-corrected chi connectivity index (χ1v) is 7.76. The Labute approximate surface area is 126 Å². The fourth-order valence-corrected chi connectivity index (χ4v) is 3.07. The molecule has 0 amide bonds. The Kier molecular flexibility index (Phi) is 3.54. The van der Waals surface area contributed by atoms with E-state index in [2.05, 4.69) is 21.7 Å². The number of aromatic nitrogens is 4. The monoisotopic (exact) mass is 309 g/mol. The number of thiazole rings is 1. The van der Waals surface area contributed by atoms with Gasteiger partial charge in [-0.3, -0.25) is 4.40 Å². The molecule has 0 bridgehead atoms. The third-order valence-electron chi connectivity index (χ3n) is 3.29. The summed E-state index contributed by atoms with van der Waals surface area (Å²) >= 11 is 7.86. The minimum Gasteiger partial charge on any atom is -0.311 e. The number of hydrogen-bond donors (Lipinski definition) is 1. The number of imidazole rings is 1. The summed E-state index contributed by atoms with van der Waals surface area (Å²) in [6.07, 6.45) is 2.04. The molecule has 0 unspecified atom stereocenters. The van der Waals surface area contributed by atoms with Gasteiger partial charge in [0.05, 0.1) is 22.1 Å². The molecule has 0 aliphatic heterocycles. The van der Waals surface area contributed by atoms with E-state index >= 15 is 0 Å². The van der Waals surface area contributed by atoms with E-state index in [4.69, 9.17) is 16.6 Å². The molecule has 0 fully saturated rings. The van der Waals surface area contributed by atoms with Gasteiger partial charge in [0.15, 0.2) is 10.8 Å². The van der Waals surface area contributed by atoms with Crippen molar-refractivity contribution >= 4 is 27.9 Å². The number of aryl methyl sites for hydroxylation is 1. The molecule has 7 heteroatoms. The predicted molar refractivity (Wildman–Crippen MR) is 82.1 cm³/mol. The maximum absolute atomic E-state index is 6.25.